The second-order valence-electron chi connectivity index (χ2n) is 2.86. The summed E-state index contributed by atoms with van der Waals surface area (Å²) in [6, 6.07) is 0. The Kier molecular flexibility index (Phi) is 3.06. The average molecular weight is 217 g/mol. The molecule has 1 aliphatic carbocycles. The third-order valence-electron chi connectivity index (χ3n) is 1.96. The molecule has 2 atom stereocenters. The van der Waals surface area contributed by atoms with E-state index in [9.17, 15) is 8.42 Å². The van der Waals surface area contributed by atoms with E-state index < -0.39 is 14.3 Å². The van der Waals surface area contributed by atoms with Crippen molar-refractivity contribution in [2.75, 3.05) is 0 Å². The van der Waals surface area contributed by atoms with E-state index in [1.54, 1.807) is 0 Å². The molecule has 66 valence electrons. The van der Waals surface area contributed by atoms with Gasteiger partial charge in [0.05, 0.1) is 5.25 Å². The quantitative estimate of drug-likeness (QED) is 0.498. The van der Waals surface area contributed by atoms with Crippen LogP contribution in [-0.2, 0) is 9.05 Å². The Hall–Kier alpha value is 0.530. The predicted molar refractivity (Wildman–Crippen MR) is 46.7 cm³/mol. The molecule has 0 radical (unpaired) electrons. The van der Waals surface area contributed by atoms with Crippen molar-refractivity contribution >= 4 is 31.3 Å². The third kappa shape index (κ3) is 2.80. The van der Waals surface area contributed by atoms with Gasteiger partial charge in [0.2, 0.25) is 9.05 Å². The molecule has 11 heavy (non-hydrogen) atoms. The third-order valence-corrected chi connectivity index (χ3v) is 4.34. The van der Waals surface area contributed by atoms with Gasteiger partial charge in [-0.1, -0.05) is 6.42 Å². The van der Waals surface area contributed by atoms with Gasteiger partial charge in [-0.25, -0.2) is 8.42 Å². The van der Waals surface area contributed by atoms with E-state index in [1.165, 1.54) is 0 Å². The number of halogens is 2. The monoisotopic (exact) mass is 216 g/mol. The Morgan fingerprint density at radius 1 is 1.27 bits per heavy atom. The van der Waals surface area contributed by atoms with Crippen LogP contribution in [0.4, 0.5) is 0 Å². The zero-order valence-corrected chi connectivity index (χ0v) is 8.29. The normalized spacial score (nSPS) is 33.6. The molecule has 0 aromatic heterocycles. The highest BCUT2D eigenvalue weighted by atomic mass is 35.7. The molecule has 0 aromatic rings. The molecule has 0 bridgehead atoms. The van der Waals surface area contributed by atoms with Gasteiger partial charge in [-0.2, -0.15) is 0 Å². The van der Waals surface area contributed by atoms with Crippen LogP contribution < -0.4 is 0 Å². The van der Waals surface area contributed by atoms with Crippen LogP contribution in [-0.4, -0.2) is 19.0 Å². The Morgan fingerprint density at radius 3 is 2.27 bits per heavy atom. The molecule has 0 aromatic carbocycles. The minimum absolute atomic E-state index is 0.0118. The van der Waals surface area contributed by atoms with Crippen molar-refractivity contribution in [1.29, 1.82) is 0 Å². The molecule has 0 N–H and O–H groups in total. The molecular formula is C6H10Cl2O2S. The molecule has 1 rings (SSSR count). The second-order valence-corrected chi connectivity index (χ2v) is 6.39. The van der Waals surface area contributed by atoms with Crippen molar-refractivity contribution in [2.45, 2.75) is 36.3 Å². The molecule has 1 saturated carbocycles. The van der Waals surface area contributed by atoms with E-state index in [4.69, 9.17) is 22.3 Å². The largest absolute Gasteiger partial charge is 0.235 e. The van der Waals surface area contributed by atoms with Gasteiger partial charge < -0.3 is 0 Å². The van der Waals surface area contributed by atoms with Crippen molar-refractivity contribution in [1.82, 2.24) is 0 Å². The summed E-state index contributed by atoms with van der Waals surface area (Å²) in [7, 11) is 1.82. The smallest absolute Gasteiger partial charge is 0.212 e. The number of alkyl halides is 1. The van der Waals surface area contributed by atoms with Gasteiger partial charge in [0.1, 0.15) is 0 Å². The Labute approximate surface area is 76.3 Å². The van der Waals surface area contributed by atoms with Crippen LogP contribution in [0.3, 0.4) is 0 Å². The van der Waals surface area contributed by atoms with Gasteiger partial charge in [0.25, 0.3) is 0 Å². The van der Waals surface area contributed by atoms with E-state index in [1.807, 2.05) is 0 Å². The highest BCUT2D eigenvalue weighted by Gasteiger charge is 2.29. The maximum atomic E-state index is 10.8. The fraction of sp³-hybridized carbons (Fsp3) is 1.00. The summed E-state index contributed by atoms with van der Waals surface area (Å²) < 4.78 is 21.7. The lowest BCUT2D eigenvalue weighted by Crippen LogP contribution is -2.25. The Balaban J connectivity index is 2.60. The van der Waals surface area contributed by atoms with Crippen LogP contribution >= 0.6 is 22.3 Å². The van der Waals surface area contributed by atoms with Crippen molar-refractivity contribution in [2.24, 2.45) is 0 Å². The molecule has 2 nitrogen and oxygen atoms in total. The average Bonchev–Trinajstić information content (AvgIpc) is 1.86. The highest BCUT2D eigenvalue weighted by molar-refractivity contribution is 8.14. The SMILES string of the molecule is O=S(=O)(Cl)C1CCCC(Cl)C1. The Morgan fingerprint density at radius 2 is 1.91 bits per heavy atom. The summed E-state index contributed by atoms with van der Waals surface area (Å²) in [5, 5.41) is -0.428. The lowest BCUT2D eigenvalue weighted by atomic mass is 10.00. The first-order valence-corrected chi connectivity index (χ1v) is 6.38. The van der Waals surface area contributed by atoms with Gasteiger partial charge >= 0.3 is 0 Å². The van der Waals surface area contributed by atoms with Gasteiger partial charge in [-0.15, -0.1) is 11.6 Å². The van der Waals surface area contributed by atoms with Crippen molar-refractivity contribution < 1.29 is 8.42 Å². The maximum Gasteiger partial charge on any atom is 0.235 e. The van der Waals surface area contributed by atoms with Gasteiger partial charge in [-0.05, 0) is 19.3 Å². The molecule has 0 aliphatic heterocycles. The van der Waals surface area contributed by atoms with Gasteiger partial charge in [-0.3, -0.25) is 0 Å². The molecule has 1 aliphatic rings. The zero-order chi connectivity index (χ0) is 8.48. The fourth-order valence-electron chi connectivity index (χ4n) is 1.34. The second kappa shape index (κ2) is 3.50. The molecule has 2 unspecified atom stereocenters. The molecule has 1 fully saturated rings. The molecular weight excluding hydrogens is 207 g/mol. The molecule has 0 amide bonds. The van der Waals surface area contributed by atoms with Crippen LogP contribution in [0.5, 0.6) is 0 Å². The molecule has 0 heterocycles. The summed E-state index contributed by atoms with van der Waals surface area (Å²) >= 11 is 5.79. The van der Waals surface area contributed by atoms with Crippen LogP contribution in [0.25, 0.3) is 0 Å². The first-order chi connectivity index (χ1) is 5.00. The number of rotatable bonds is 1. The van der Waals surface area contributed by atoms with Gasteiger partial charge in [0, 0.05) is 16.1 Å². The summed E-state index contributed by atoms with van der Waals surface area (Å²) in [4.78, 5) is 0. The summed E-state index contributed by atoms with van der Waals surface area (Å²) in [5.74, 6) is 0. The fourth-order valence-corrected chi connectivity index (χ4v) is 3.21. The first-order valence-electron chi connectivity index (χ1n) is 3.57. The van der Waals surface area contributed by atoms with E-state index in [0.717, 1.165) is 12.8 Å². The van der Waals surface area contributed by atoms with E-state index in [2.05, 4.69) is 0 Å². The van der Waals surface area contributed by atoms with E-state index in [0.29, 0.717) is 12.8 Å². The molecule has 0 saturated heterocycles. The van der Waals surface area contributed by atoms with Crippen LogP contribution in [0, 0.1) is 0 Å². The van der Waals surface area contributed by atoms with Gasteiger partial charge in [0.15, 0.2) is 0 Å². The predicted octanol–water partition coefficient (Wildman–Crippen LogP) is 2.10. The minimum atomic E-state index is -3.37. The lowest BCUT2D eigenvalue weighted by Gasteiger charge is -2.22. The van der Waals surface area contributed by atoms with Crippen molar-refractivity contribution in [3.05, 3.63) is 0 Å². The summed E-state index contributed by atoms with van der Waals surface area (Å²) in [6.07, 6.45) is 2.94. The van der Waals surface area contributed by atoms with E-state index >= 15 is 0 Å². The topological polar surface area (TPSA) is 34.1 Å². The lowest BCUT2D eigenvalue weighted by molar-refractivity contribution is 0.495. The number of hydrogen-bond acceptors (Lipinski definition) is 2. The van der Waals surface area contributed by atoms with Crippen LogP contribution in [0.1, 0.15) is 25.7 Å². The highest BCUT2D eigenvalue weighted by Crippen LogP contribution is 2.29. The standard InChI is InChI=1S/C6H10Cl2O2S/c7-5-2-1-3-6(4-5)11(8,9)10/h5-6H,1-4H2. The Bertz CT molecular complexity index is 225. The maximum absolute atomic E-state index is 10.8. The summed E-state index contributed by atoms with van der Waals surface area (Å²) in [5.41, 5.74) is 0. The number of hydrogen-bond donors (Lipinski definition) is 0. The summed E-state index contributed by atoms with van der Waals surface area (Å²) in [6.45, 7) is 0. The molecule has 5 heteroatoms. The molecule has 0 spiro atoms. The van der Waals surface area contributed by atoms with Crippen LogP contribution in [0.2, 0.25) is 0 Å². The minimum Gasteiger partial charge on any atom is -0.212 e. The van der Waals surface area contributed by atoms with Crippen molar-refractivity contribution in [3.8, 4) is 0 Å². The van der Waals surface area contributed by atoms with Crippen molar-refractivity contribution in [3.63, 3.8) is 0 Å². The zero-order valence-electron chi connectivity index (χ0n) is 5.96. The van der Waals surface area contributed by atoms with E-state index in [-0.39, 0.29) is 5.38 Å². The van der Waals surface area contributed by atoms with Crippen LogP contribution in [0.15, 0.2) is 0 Å². The first kappa shape index (κ1) is 9.62.